The molecule has 0 saturated carbocycles. The molecule has 0 saturated heterocycles. The zero-order chi connectivity index (χ0) is 13.1. The molecule has 0 amide bonds. The molecule has 0 aliphatic carbocycles. The number of ketones is 1. The van der Waals surface area contributed by atoms with Crippen molar-refractivity contribution in [1.29, 1.82) is 0 Å². The molecule has 0 bridgehead atoms. The van der Waals surface area contributed by atoms with Crippen molar-refractivity contribution in [3.8, 4) is 0 Å². The van der Waals surface area contributed by atoms with Crippen LogP contribution in [0.15, 0.2) is 48.2 Å². The third kappa shape index (κ3) is 1.93. The van der Waals surface area contributed by atoms with Crippen LogP contribution >= 0.6 is 0 Å². The van der Waals surface area contributed by atoms with E-state index in [9.17, 15) is 4.79 Å². The molecule has 1 unspecified atom stereocenters. The number of Topliss-reactive ketones (excluding diaryl/α,β-unsaturated/α-hetero) is 1. The van der Waals surface area contributed by atoms with E-state index in [0.29, 0.717) is 5.56 Å². The second kappa shape index (κ2) is 4.87. The van der Waals surface area contributed by atoms with Crippen molar-refractivity contribution in [3.63, 3.8) is 0 Å². The second-order valence-electron chi connectivity index (χ2n) is 4.02. The van der Waals surface area contributed by atoms with Gasteiger partial charge in [0.05, 0.1) is 0 Å². The summed E-state index contributed by atoms with van der Waals surface area (Å²) < 4.78 is 0. The van der Waals surface area contributed by atoms with Crippen molar-refractivity contribution in [2.75, 3.05) is 7.05 Å². The second-order valence-corrected chi connectivity index (χ2v) is 4.02. The van der Waals surface area contributed by atoms with Gasteiger partial charge in [0.2, 0.25) is 5.78 Å². The van der Waals surface area contributed by atoms with Crippen molar-refractivity contribution >= 4 is 23.4 Å². The van der Waals surface area contributed by atoms with Crippen LogP contribution < -0.4 is 0 Å². The normalized spacial score (nSPS) is 12.1. The van der Waals surface area contributed by atoms with Gasteiger partial charge in [-0.05, 0) is 19.0 Å². The van der Waals surface area contributed by atoms with Crippen LogP contribution in [0.2, 0.25) is 0 Å². The molecule has 4 nitrogen and oxygen atoms in total. The van der Waals surface area contributed by atoms with E-state index >= 15 is 0 Å². The summed E-state index contributed by atoms with van der Waals surface area (Å²) in [6.07, 6.45) is 2.63. The average Bonchev–Trinajstić information content (AvgIpc) is 2.82. The molecule has 1 heterocycles. The molecule has 0 radical (unpaired) electrons. The Labute approximate surface area is 106 Å². The lowest BCUT2D eigenvalue weighted by molar-refractivity contribution is 0.0899. The maximum atomic E-state index is 12.4. The van der Waals surface area contributed by atoms with Gasteiger partial charge in [-0.15, -0.1) is 0 Å². The molecule has 2 rings (SSSR count). The van der Waals surface area contributed by atoms with E-state index in [4.69, 9.17) is 0 Å². The molecule has 1 aromatic carbocycles. The maximum Gasteiger partial charge on any atom is 0.209 e. The number of hydrogen-bond donors (Lipinski definition) is 1. The highest BCUT2D eigenvalue weighted by atomic mass is 16.1. The lowest BCUT2D eigenvalue weighted by atomic mass is 10.1. The summed E-state index contributed by atoms with van der Waals surface area (Å²) in [6.45, 7) is 7.10. The molecule has 0 spiro atoms. The number of nitrogens with one attached hydrogen (secondary N) is 1. The molecule has 18 heavy (non-hydrogen) atoms. The van der Waals surface area contributed by atoms with Gasteiger partial charge in [-0.3, -0.25) is 9.79 Å². The molecular formula is C14H15N3O. The van der Waals surface area contributed by atoms with Gasteiger partial charge >= 0.3 is 0 Å². The number of nitrogens with zero attached hydrogens (tertiary/aromatic N) is 2. The van der Waals surface area contributed by atoms with Crippen LogP contribution in [0.4, 0.5) is 0 Å². The molecule has 1 N–H and O–H groups in total. The number of carbonyl (C=O) groups excluding carboxylic acids is 1. The number of likely N-dealkylation sites (N-methyl/N-ethyl adjacent to an activating group) is 1. The average molecular weight is 241 g/mol. The zero-order valence-corrected chi connectivity index (χ0v) is 10.3. The van der Waals surface area contributed by atoms with Gasteiger partial charge in [0, 0.05) is 29.7 Å². The minimum Gasteiger partial charge on any atom is -0.360 e. The summed E-state index contributed by atoms with van der Waals surface area (Å²) >= 11 is 0. The first kappa shape index (κ1) is 12.1. The van der Waals surface area contributed by atoms with E-state index in [1.165, 1.54) is 0 Å². The monoisotopic (exact) mass is 241 g/mol. The summed E-state index contributed by atoms with van der Waals surface area (Å²) in [7, 11) is 1.75. The molecule has 4 heteroatoms. The predicted octanol–water partition coefficient (Wildman–Crippen LogP) is 2.45. The van der Waals surface area contributed by atoms with Gasteiger partial charge in [0.15, 0.2) is 6.17 Å². The summed E-state index contributed by atoms with van der Waals surface area (Å²) in [5, 5.41) is 0.897. The molecule has 0 aliphatic rings. The van der Waals surface area contributed by atoms with Crippen LogP contribution in [0.25, 0.3) is 10.9 Å². The summed E-state index contributed by atoms with van der Waals surface area (Å²) in [5.74, 6) is -0.0927. The maximum absolute atomic E-state index is 12.4. The number of benzene rings is 1. The Kier molecular flexibility index (Phi) is 3.28. The van der Waals surface area contributed by atoms with Gasteiger partial charge < -0.3 is 9.88 Å². The number of para-hydroxylation sites is 1. The van der Waals surface area contributed by atoms with Crippen LogP contribution in [0.5, 0.6) is 0 Å². The lowest BCUT2D eigenvalue weighted by Gasteiger charge is -2.20. The summed E-state index contributed by atoms with van der Waals surface area (Å²) in [6, 6.07) is 7.67. The first-order chi connectivity index (χ1) is 8.69. The quantitative estimate of drug-likeness (QED) is 0.645. The smallest absolute Gasteiger partial charge is 0.209 e. The molecule has 1 atom stereocenters. The van der Waals surface area contributed by atoms with Gasteiger partial charge in [0.25, 0.3) is 0 Å². The number of aliphatic imine (C=N–C) groups is 1. The molecule has 0 aliphatic heterocycles. The topological polar surface area (TPSA) is 48.5 Å². The number of aromatic amines is 1. The fourth-order valence-corrected chi connectivity index (χ4v) is 1.91. The fraction of sp³-hybridized carbons (Fsp3) is 0.143. The standard InChI is InChI=1S/C14H15N3O/c1-4-17(3)14(15-2)13(18)11-9-16-12-8-6-5-7-10(11)12/h4-9,14,16H,1-2H2,3H3. The van der Waals surface area contributed by atoms with E-state index in [0.717, 1.165) is 10.9 Å². The number of hydrogen-bond acceptors (Lipinski definition) is 3. The highest BCUT2D eigenvalue weighted by Crippen LogP contribution is 2.20. The number of rotatable bonds is 5. The van der Waals surface area contributed by atoms with Crippen molar-refractivity contribution in [2.45, 2.75) is 6.17 Å². The molecular weight excluding hydrogens is 226 g/mol. The number of H-pyrrole nitrogens is 1. The zero-order valence-electron chi connectivity index (χ0n) is 10.3. The van der Waals surface area contributed by atoms with Gasteiger partial charge in [0.1, 0.15) is 0 Å². The van der Waals surface area contributed by atoms with E-state index < -0.39 is 6.17 Å². The minimum absolute atomic E-state index is 0.0927. The van der Waals surface area contributed by atoms with Gasteiger partial charge in [-0.1, -0.05) is 24.8 Å². The molecule has 0 fully saturated rings. The third-order valence-electron chi connectivity index (χ3n) is 2.94. The number of carbonyl (C=O) groups is 1. The first-order valence-electron chi connectivity index (χ1n) is 5.59. The first-order valence-corrected chi connectivity index (χ1v) is 5.59. The Morgan fingerprint density at radius 1 is 1.50 bits per heavy atom. The largest absolute Gasteiger partial charge is 0.360 e. The van der Waals surface area contributed by atoms with Crippen molar-refractivity contribution in [3.05, 3.63) is 48.8 Å². The van der Waals surface area contributed by atoms with E-state index in [-0.39, 0.29) is 5.78 Å². The number of aromatic nitrogens is 1. The van der Waals surface area contributed by atoms with E-state index in [1.807, 2.05) is 24.3 Å². The fourth-order valence-electron chi connectivity index (χ4n) is 1.91. The van der Waals surface area contributed by atoms with Crippen LogP contribution in [0.3, 0.4) is 0 Å². The van der Waals surface area contributed by atoms with Crippen LogP contribution in [-0.2, 0) is 0 Å². The van der Waals surface area contributed by atoms with Gasteiger partial charge in [-0.25, -0.2) is 0 Å². The highest BCUT2D eigenvalue weighted by molar-refractivity contribution is 6.10. The van der Waals surface area contributed by atoms with Crippen molar-refractivity contribution in [2.24, 2.45) is 4.99 Å². The SMILES string of the molecule is C=CN(C)C(N=C)C(=O)c1c[nH]c2ccccc12. The Hall–Kier alpha value is -2.36. The third-order valence-corrected chi connectivity index (χ3v) is 2.94. The van der Waals surface area contributed by atoms with Crippen LogP contribution in [0.1, 0.15) is 10.4 Å². The van der Waals surface area contributed by atoms with E-state index in [1.54, 1.807) is 24.3 Å². The van der Waals surface area contributed by atoms with Crippen LogP contribution in [0, 0.1) is 0 Å². The van der Waals surface area contributed by atoms with Crippen LogP contribution in [-0.4, -0.2) is 35.6 Å². The lowest BCUT2D eigenvalue weighted by Crippen LogP contribution is -2.32. The molecule has 92 valence electrons. The summed E-state index contributed by atoms with van der Waals surface area (Å²) in [4.78, 5) is 21.0. The number of fused-ring (bicyclic) bond motifs is 1. The Bertz CT molecular complexity index is 600. The Morgan fingerprint density at radius 2 is 2.22 bits per heavy atom. The highest BCUT2D eigenvalue weighted by Gasteiger charge is 2.23. The minimum atomic E-state index is -0.637. The Balaban J connectivity index is 2.44. The Morgan fingerprint density at radius 3 is 2.89 bits per heavy atom. The van der Waals surface area contributed by atoms with E-state index in [2.05, 4.69) is 23.3 Å². The van der Waals surface area contributed by atoms with Gasteiger partial charge in [-0.2, -0.15) is 0 Å². The molecule has 1 aromatic heterocycles. The summed E-state index contributed by atoms with van der Waals surface area (Å²) in [5.41, 5.74) is 1.56. The predicted molar refractivity (Wildman–Crippen MR) is 73.9 cm³/mol. The van der Waals surface area contributed by atoms with Crippen molar-refractivity contribution < 1.29 is 4.79 Å². The van der Waals surface area contributed by atoms with Crippen molar-refractivity contribution in [1.82, 2.24) is 9.88 Å². The molecule has 2 aromatic rings.